The van der Waals surface area contributed by atoms with Crippen molar-refractivity contribution in [3.8, 4) is 11.3 Å². The standard InChI is InChI=1S/C24H19N3O2S/c1-16-10-13-19-20(25-16)8-5-9-21(19)26-24(30)27-23(28)15-12-18-11-14-22(29-18)17-6-3-2-4-7-17/h2-15H,1H3,(H2,26,27,28,30)/b15-12+. The summed E-state index contributed by atoms with van der Waals surface area (Å²) in [7, 11) is 0. The highest BCUT2D eigenvalue weighted by molar-refractivity contribution is 7.80. The summed E-state index contributed by atoms with van der Waals surface area (Å²) in [6.45, 7) is 1.94. The molecule has 0 aliphatic carbocycles. The Kier molecular flexibility index (Phi) is 5.68. The zero-order valence-electron chi connectivity index (χ0n) is 16.3. The number of hydrogen-bond donors (Lipinski definition) is 2. The normalized spacial score (nSPS) is 11.0. The molecule has 5 nitrogen and oxygen atoms in total. The highest BCUT2D eigenvalue weighted by atomic mass is 32.1. The minimum atomic E-state index is -0.348. The molecule has 0 radical (unpaired) electrons. The Morgan fingerprint density at radius 2 is 1.83 bits per heavy atom. The Labute approximate surface area is 179 Å². The zero-order valence-corrected chi connectivity index (χ0v) is 17.1. The van der Waals surface area contributed by atoms with Crippen molar-refractivity contribution in [2.75, 3.05) is 5.32 Å². The SMILES string of the molecule is Cc1ccc2c(NC(=S)NC(=O)/C=C/c3ccc(-c4ccccc4)o3)cccc2n1. The second-order valence-corrected chi connectivity index (χ2v) is 7.08. The maximum Gasteiger partial charge on any atom is 0.250 e. The van der Waals surface area contributed by atoms with E-state index in [2.05, 4.69) is 15.6 Å². The van der Waals surface area contributed by atoms with Gasteiger partial charge >= 0.3 is 0 Å². The lowest BCUT2D eigenvalue weighted by atomic mass is 10.1. The summed E-state index contributed by atoms with van der Waals surface area (Å²) >= 11 is 5.28. The predicted octanol–water partition coefficient (Wildman–Crippen LogP) is 5.33. The van der Waals surface area contributed by atoms with Gasteiger partial charge in [0, 0.05) is 28.4 Å². The summed E-state index contributed by atoms with van der Waals surface area (Å²) < 4.78 is 5.76. The highest BCUT2D eigenvalue weighted by Crippen LogP contribution is 2.23. The summed E-state index contributed by atoms with van der Waals surface area (Å²) in [6, 6.07) is 23.1. The first-order valence-corrected chi connectivity index (χ1v) is 9.81. The first-order valence-electron chi connectivity index (χ1n) is 9.40. The zero-order chi connectivity index (χ0) is 20.9. The van der Waals surface area contributed by atoms with E-state index in [9.17, 15) is 4.79 Å². The maximum atomic E-state index is 12.2. The van der Waals surface area contributed by atoms with Crippen LogP contribution in [0.25, 0.3) is 28.3 Å². The average Bonchev–Trinajstić information content (AvgIpc) is 3.22. The van der Waals surface area contributed by atoms with Crippen LogP contribution in [0.1, 0.15) is 11.5 Å². The van der Waals surface area contributed by atoms with Crippen molar-refractivity contribution >= 4 is 45.9 Å². The van der Waals surface area contributed by atoms with Gasteiger partial charge in [0.1, 0.15) is 11.5 Å². The number of nitrogens with one attached hydrogen (secondary N) is 2. The third-order valence-electron chi connectivity index (χ3n) is 4.44. The van der Waals surface area contributed by atoms with Gasteiger partial charge in [0.2, 0.25) is 5.91 Å². The molecule has 30 heavy (non-hydrogen) atoms. The number of carbonyl (C=O) groups is 1. The fourth-order valence-electron chi connectivity index (χ4n) is 3.03. The van der Waals surface area contributed by atoms with Crippen LogP contribution in [0.3, 0.4) is 0 Å². The largest absolute Gasteiger partial charge is 0.457 e. The van der Waals surface area contributed by atoms with E-state index in [1.165, 1.54) is 6.08 Å². The monoisotopic (exact) mass is 413 g/mol. The lowest BCUT2D eigenvalue weighted by Crippen LogP contribution is -2.32. The van der Waals surface area contributed by atoms with Gasteiger partial charge in [-0.05, 0) is 61.6 Å². The van der Waals surface area contributed by atoms with Crippen LogP contribution < -0.4 is 10.6 Å². The van der Waals surface area contributed by atoms with Crippen molar-refractivity contribution in [1.82, 2.24) is 10.3 Å². The van der Waals surface area contributed by atoms with E-state index in [4.69, 9.17) is 16.6 Å². The Morgan fingerprint density at radius 3 is 2.67 bits per heavy atom. The number of nitrogens with zero attached hydrogens (tertiary/aromatic N) is 1. The number of anilines is 1. The third-order valence-corrected chi connectivity index (χ3v) is 4.64. The van der Waals surface area contributed by atoms with E-state index in [1.807, 2.05) is 79.7 Å². The van der Waals surface area contributed by atoms with Crippen molar-refractivity contribution in [2.45, 2.75) is 6.92 Å². The summed E-state index contributed by atoms with van der Waals surface area (Å²) in [5.41, 5.74) is 3.56. The number of rotatable bonds is 4. The van der Waals surface area contributed by atoms with Gasteiger partial charge in [-0.15, -0.1) is 0 Å². The molecule has 1 amide bonds. The van der Waals surface area contributed by atoms with Gasteiger partial charge in [0.25, 0.3) is 0 Å². The number of thiocarbonyl (C=S) groups is 1. The summed E-state index contributed by atoms with van der Waals surface area (Å²) in [5.74, 6) is 0.977. The van der Waals surface area contributed by atoms with E-state index >= 15 is 0 Å². The molecule has 2 N–H and O–H groups in total. The van der Waals surface area contributed by atoms with Gasteiger partial charge in [-0.1, -0.05) is 36.4 Å². The van der Waals surface area contributed by atoms with Crippen molar-refractivity contribution in [1.29, 1.82) is 0 Å². The summed E-state index contributed by atoms with van der Waals surface area (Å²) in [6.07, 6.45) is 2.99. The lowest BCUT2D eigenvalue weighted by molar-refractivity contribution is -0.115. The average molecular weight is 414 g/mol. The number of aromatic nitrogens is 1. The Balaban J connectivity index is 1.39. The quantitative estimate of drug-likeness (QED) is 0.350. The van der Waals surface area contributed by atoms with E-state index in [0.29, 0.717) is 5.76 Å². The van der Waals surface area contributed by atoms with E-state index in [-0.39, 0.29) is 11.0 Å². The van der Waals surface area contributed by atoms with Gasteiger partial charge in [-0.3, -0.25) is 15.1 Å². The van der Waals surface area contributed by atoms with Gasteiger partial charge in [0.05, 0.1) is 5.52 Å². The molecule has 0 fully saturated rings. The minimum absolute atomic E-state index is 0.210. The maximum absolute atomic E-state index is 12.2. The van der Waals surface area contributed by atoms with Gasteiger partial charge in [-0.25, -0.2) is 0 Å². The Morgan fingerprint density at radius 1 is 1.00 bits per heavy atom. The number of furan rings is 1. The number of benzene rings is 2. The molecule has 6 heteroatoms. The molecule has 0 atom stereocenters. The molecular weight excluding hydrogens is 394 g/mol. The van der Waals surface area contributed by atoms with Crippen molar-refractivity contribution < 1.29 is 9.21 Å². The number of amides is 1. The van der Waals surface area contributed by atoms with Crippen LogP contribution in [0.5, 0.6) is 0 Å². The Hall–Kier alpha value is -3.77. The van der Waals surface area contributed by atoms with Crippen LogP contribution in [0.4, 0.5) is 5.69 Å². The summed E-state index contributed by atoms with van der Waals surface area (Å²) in [5, 5.41) is 6.85. The fourth-order valence-corrected chi connectivity index (χ4v) is 3.24. The van der Waals surface area contributed by atoms with Crippen molar-refractivity contribution in [3.63, 3.8) is 0 Å². The predicted molar refractivity (Wildman–Crippen MR) is 124 cm³/mol. The first kappa shape index (κ1) is 19.5. The second kappa shape index (κ2) is 8.71. The van der Waals surface area contributed by atoms with Crippen LogP contribution in [0.2, 0.25) is 0 Å². The van der Waals surface area contributed by atoms with E-state index < -0.39 is 0 Å². The topological polar surface area (TPSA) is 67.2 Å². The molecule has 4 aromatic rings. The molecule has 0 bridgehead atoms. The molecule has 2 heterocycles. The van der Waals surface area contributed by atoms with E-state index in [1.54, 1.807) is 6.08 Å². The van der Waals surface area contributed by atoms with Crippen LogP contribution in [0, 0.1) is 6.92 Å². The summed E-state index contributed by atoms with van der Waals surface area (Å²) in [4.78, 5) is 16.7. The molecule has 0 spiro atoms. The van der Waals surface area contributed by atoms with Crippen molar-refractivity contribution in [3.05, 3.63) is 90.3 Å². The smallest absolute Gasteiger partial charge is 0.250 e. The fraction of sp³-hybridized carbons (Fsp3) is 0.0417. The molecule has 0 aliphatic rings. The lowest BCUT2D eigenvalue weighted by Gasteiger charge is -2.11. The molecule has 0 unspecified atom stereocenters. The molecule has 0 saturated carbocycles. The van der Waals surface area contributed by atoms with E-state index in [0.717, 1.165) is 33.6 Å². The molecule has 2 aromatic carbocycles. The number of pyridine rings is 1. The molecule has 2 aromatic heterocycles. The Bertz CT molecular complexity index is 1250. The number of aryl methyl sites for hydroxylation is 1. The molecule has 0 saturated heterocycles. The van der Waals surface area contributed by atoms with Crippen molar-refractivity contribution in [2.24, 2.45) is 0 Å². The minimum Gasteiger partial charge on any atom is -0.457 e. The van der Waals surface area contributed by atoms with Crippen LogP contribution >= 0.6 is 12.2 Å². The van der Waals surface area contributed by atoms with Gasteiger partial charge in [0.15, 0.2) is 5.11 Å². The number of fused-ring (bicyclic) bond motifs is 1. The number of hydrogen-bond acceptors (Lipinski definition) is 4. The molecule has 4 rings (SSSR count). The number of carbonyl (C=O) groups excluding carboxylic acids is 1. The van der Waals surface area contributed by atoms with Gasteiger partial charge in [-0.2, -0.15) is 0 Å². The molecule has 0 aliphatic heterocycles. The van der Waals surface area contributed by atoms with Crippen LogP contribution in [-0.2, 0) is 4.79 Å². The first-order chi connectivity index (χ1) is 14.6. The highest BCUT2D eigenvalue weighted by Gasteiger charge is 2.07. The van der Waals surface area contributed by atoms with Gasteiger partial charge < -0.3 is 9.73 Å². The molecular formula is C24H19N3O2S. The second-order valence-electron chi connectivity index (χ2n) is 6.67. The van der Waals surface area contributed by atoms with Crippen LogP contribution in [0.15, 0.2) is 83.3 Å². The molecule has 148 valence electrons. The van der Waals surface area contributed by atoms with Crippen LogP contribution in [-0.4, -0.2) is 16.0 Å². The third kappa shape index (κ3) is 4.61.